The van der Waals surface area contributed by atoms with Crippen molar-refractivity contribution in [2.45, 2.75) is 26.0 Å². The maximum Gasteiger partial charge on any atom is 0.125 e. The Labute approximate surface area is 107 Å². The summed E-state index contributed by atoms with van der Waals surface area (Å²) in [6, 6.07) is 4.30. The van der Waals surface area contributed by atoms with Crippen LogP contribution in [0.2, 0.25) is 5.02 Å². The largest absolute Gasteiger partial charge is 0.496 e. The maximum atomic E-state index is 6.16. The highest BCUT2D eigenvalue weighted by Gasteiger charge is 2.23. The van der Waals surface area contributed by atoms with Crippen molar-refractivity contribution in [2.24, 2.45) is 0 Å². The topological polar surface area (TPSA) is 30.5 Å². The van der Waals surface area contributed by atoms with Gasteiger partial charge in [0.05, 0.1) is 19.8 Å². The van der Waals surface area contributed by atoms with E-state index in [2.05, 4.69) is 12.2 Å². The van der Waals surface area contributed by atoms with Gasteiger partial charge in [0.2, 0.25) is 0 Å². The highest BCUT2D eigenvalue weighted by molar-refractivity contribution is 6.31. The van der Waals surface area contributed by atoms with Gasteiger partial charge in [-0.2, -0.15) is 0 Å². The first-order valence-corrected chi connectivity index (χ1v) is 6.18. The van der Waals surface area contributed by atoms with Crippen LogP contribution < -0.4 is 10.1 Å². The maximum absolute atomic E-state index is 6.16. The predicted molar refractivity (Wildman–Crippen MR) is 68.9 cm³/mol. The van der Waals surface area contributed by atoms with E-state index in [4.69, 9.17) is 21.1 Å². The minimum Gasteiger partial charge on any atom is -0.496 e. The summed E-state index contributed by atoms with van der Waals surface area (Å²) in [6.45, 7) is 5.57. The van der Waals surface area contributed by atoms with Gasteiger partial charge >= 0.3 is 0 Å². The summed E-state index contributed by atoms with van der Waals surface area (Å²) in [5, 5.41) is 4.15. The van der Waals surface area contributed by atoms with Gasteiger partial charge in [0.1, 0.15) is 5.75 Å². The van der Waals surface area contributed by atoms with E-state index in [1.54, 1.807) is 7.11 Å². The fourth-order valence-electron chi connectivity index (χ4n) is 1.99. The number of halogens is 1. The first-order valence-electron chi connectivity index (χ1n) is 5.81. The Hall–Kier alpha value is -0.770. The lowest BCUT2D eigenvalue weighted by Crippen LogP contribution is -2.40. The van der Waals surface area contributed by atoms with E-state index in [9.17, 15) is 0 Å². The molecule has 1 heterocycles. The lowest BCUT2D eigenvalue weighted by atomic mass is 10.0. The first-order chi connectivity index (χ1) is 8.11. The summed E-state index contributed by atoms with van der Waals surface area (Å²) in [5.74, 6) is 0.841. The van der Waals surface area contributed by atoms with Crippen molar-refractivity contribution in [1.29, 1.82) is 0 Å². The monoisotopic (exact) mass is 255 g/mol. The number of benzene rings is 1. The Kier molecular flexibility index (Phi) is 3.92. The number of morpholine rings is 1. The normalized spacial score (nSPS) is 24.7. The summed E-state index contributed by atoms with van der Waals surface area (Å²) in [5.41, 5.74) is 2.03. The average molecular weight is 256 g/mol. The zero-order valence-electron chi connectivity index (χ0n) is 10.4. The van der Waals surface area contributed by atoms with Gasteiger partial charge in [0.15, 0.2) is 0 Å². The highest BCUT2D eigenvalue weighted by Crippen LogP contribution is 2.33. The number of nitrogens with one attached hydrogen (secondary N) is 1. The van der Waals surface area contributed by atoms with Crippen LogP contribution in [0.1, 0.15) is 24.2 Å². The molecule has 1 fully saturated rings. The molecule has 1 saturated heterocycles. The second-order valence-electron chi connectivity index (χ2n) is 4.47. The van der Waals surface area contributed by atoms with Crippen LogP contribution in [0.3, 0.4) is 0 Å². The smallest absolute Gasteiger partial charge is 0.125 e. The van der Waals surface area contributed by atoms with E-state index in [1.807, 2.05) is 19.1 Å². The van der Waals surface area contributed by atoms with Crippen LogP contribution in [0.15, 0.2) is 12.1 Å². The van der Waals surface area contributed by atoms with E-state index in [0.29, 0.717) is 12.6 Å². The summed E-state index contributed by atoms with van der Waals surface area (Å²) in [4.78, 5) is 0. The van der Waals surface area contributed by atoms with E-state index in [0.717, 1.165) is 28.4 Å². The zero-order valence-corrected chi connectivity index (χ0v) is 11.2. The van der Waals surface area contributed by atoms with Gasteiger partial charge in [-0.05, 0) is 31.5 Å². The van der Waals surface area contributed by atoms with Crippen molar-refractivity contribution in [3.05, 3.63) is 28.3 Å². The van der Waals surface area contributed by atoms with Crippen LogP contribution in [0.4, 0.5) is 0 Å². The molecule has 0 radical (unpaired) electrons. The van der Waals surface area contributed by atoms with E-state index in [-0.39, 0.29) is 6.10 Å². The number of aryl methyl sites for hydroxylation is 1. The fraction of sp³-hybridized carbons (Fsp3) is 0.538. The minimum atomic E-state index is 0.0132. The molecule has 0 spiro atoms. The molecule has 17 heavy (non-hydrogen) atoms. The third-order valence-corrected chi connectivity index (χ3v) is 3.46. The molecule has 1 aliphatic rings. The molecule has 0 saturated carbocycles. The van der Waals surface area contributed by atoms with Crippen LogP contribution >= 0.6 is 11.6 Å². The van der Waals surface area contributed by atoms with Crippen LogP contribution in [-0.4, -0.2) is 26.3 Å². The standard InChI is InChI=1S/C13H18ClNO2/c1-8-4-12(16-3)10(5-11(8)14)13-6-15-9(2)7-17-13/h4-5,9,13,15H,6-7H2,1-3H3. The molecule has 4 heteroatoms. The van der Waals surface area contributed by atoms with Crippen LogP contribution in [-0.2, 0) is 4.74 Å². The van der Waals surface area contributed by atoms with Gasteiger partial charge in [0, 0.05) is 23.2 Å². The molecule has 1 N–H and O–H groups in total. The fourth-order valence-corrected chi connectivity index (χ4v) is 2.16. The molecule has 0 bridgehead atoms. The number of ether oxygens (including phenoxy) is 2. The molecule has 1 aromatic rings. The third-order valence-electron chi connectivity index (χ3n) is 3.06. The third kappa shape index (κ3) is 2.73. The molecular formula is C13H18ClNO2. The van der Waals surface area contributed by atoms with Gasteiger partial charge in [-0.25, -0.2) is 0 Å². The molecule has 2 atom stereocenters. The van der Waals surface area contributed by atoms with Crippen LogP contribution in [0.25, 0.3) is 0 Å². The van der Waals surface area contributed by atoms with Gasteiger partial charge in [-0.15, -0.1) is 0 Å². The summed E-state index contributed by atoms with van der Waals surface area (Å²) >= 11 is 6.16. The first kappa shape index (κ1) is 12.7. The second-order valence-corrected chi connectivity index (χ2v) is 4.88. The quantitative estimate of drug-likeness (QED) is 0.882. The summed E-state index contributed by atoms with van der Waals surface area (Å²) in [6.07, 6.45) is 0.0132. The van der Waals surface area contributed by atoms with Crippen molar-refractivity contribution in [2.75, 3.05) is 20.3 Å². The Balaban J connectivity index is 2.27. The van der Waals surface area contributed by atoms with Gasteiger partial charge < -0.3 is 14.8 Å². The zero-order chi connectivity index (χ0) is 12.4. The Morgan fingerprint density at radius 2 is 2.24 bits per heavy atom. The van der Waals surface area contributed by atoms with Crippen molar-refractivity contribution >= 4 is 11.6 Å². The molecule has 0 aromatic heterocycles. The molecule has 0 amide bonds. The van der Waals surface area contributed by atoms with Crippen molar-refractivity contribution in [1.82, 2.24) is 5.32 Å². The lowest BCUT2D eigenvalue weighted by Gasteiger charge is -2.29. The molecule has 94 valence electrons. The molecule has 1 aliphatic heterocycles. The molecule has 2 rings (SSSR count). The summed E-state index contributed by atoms with van der Waals surface area (Å²) in [7, 11) is 1.67. The van der Waals surface area contributed by atoms with E-state index in [1.165, 1.54) is 0 Å². The van der Waals surface area contributed by atoms with E-state index >= 15 is 0 Å². The van der Waals surface area contributed by atoms with Crippen molar-refractivity contribution < 1.29 is 9.47 Å². The number of rotatable bonds is 2. The Morgan fingerprint density at radius 3 is 2.82 bits per heavy atom. The van der Waals surface area contributed by atoms with Crippen LogP contribution in [0, 0.1) is 6.92 Å². The molecule has 0 aliphatic carbocycles. The van der Waals surface area contributed by atoms with Crippen LogP contribution in [0.5, 0.6) is 5.75 Å². The molecular weight excluding hydrogens is 238 g/mol. The Morgan fingerprint density at radius 1 is 1.47 bits per heavy atom. The SMILES string of the molecule is COc1cc(C)c(Cl)cc1C1CNC(C)CO1. The molecule has 1 aromatic carbocycles. The van der Waals surface area contributed by atoms with Crippen molar-refractivity contribution in [3.63, 3.8) is 0 Å². The highest BCUT2D eigenvalue weighted by atomic mass is 35.5. The Bertz CT molecular complexity index is 401. The lowest BCUT2D eigenvalue weighted by molar-refractivity contribution is 0.00573. The van der Waals surface area contributed by atoms with E-state index < -0.39 is 0 Å². The van der Waals surface area contributed by atoms with Gasteiger partial charge in [-0.3, -0.25) is 0 Å². The molecule has 3 nitrogen and oxygen atoms in total. The van der Waals surface area contributed by atoms with Gasteiger partial charge in [0.25, 0.3) is 0 Å². The number of methoxy groups -OCH3 is 1. The summed E-state index contributed by atoms with van der Waals surface area (Å²) < 4.78 is 11.2. The van der Waals surface area contributed by atoms with Gasteiger partial charge in [-0.1, -0.05) is 11.6 Å². The second kappa shape index (κ2) is 5.25. The minimum absolute atomic E-state index is 0.0132. The molecule has 2 unspecified atom stereocenters. The number of hydrogen-bond donors (Lipinski definition) is 1. The van der Waals surface area contributed by atoms with Crippen molar-refractivity contribution in [3.8, 4) is 5.75 Å². The number of hydrogen-bond acceptors (Lipinski definition) is 3. The average Bonchev–Trinajstić information content (AvgIpc) is 2.33. The predicted octanol–water partition coefficient (Wildman–Crippen LogP) is 2.71.